The van der Waals surface area contributed by atoms with Crippen LogP contribution >= 0.6 is 0 Å². The number of carbonyl (C=O) groups excluding carboxylic acids is 2. The Kier molecular flexibility index (Phi) is 7.79. The topological polar surface area (TPSA) is 43.4 Å². The molecule has 0 amide bonds. The lowest BCUT2D eigenvalue weighted by molar-refractivity contribution is -0.125. The standard InChI is InChI=1S/C34H34O3/c1-37-29-20-18-25(19-21-29)23-28-15-9-17-31(34(28)36)32(26-12-6-3-7-13-26)30-16-8-14-27(33(30)35)22-24-10-4-2-5-11-24/h2-7,10-13,18-23,30-32H,8-9,14-17H2,1H3/b27-22+,28-23+. The van der Waals surface area contributed by atoms with Gasteiger partial charge in [0.25, 0.3) is 0 Å². The SMILES string of the molecule is COc1ccc(/C=C2\CCCC(C(c3ccccc3)C3CCC/C(=C\c4ccccc4)C3=O)C2=O)cc1. The molecule has 5 rings (SSSR count). The van der Waals surface area contributed by atoms with Crippen molar-refractivity contribution in [3.05, 3.63) is 113 Å². The van der Waals surface area contributed by atoms with Crippen molar-refractivity contribution in [2.75, 3.05) is 7.11 Å². The second kappa shape index (κ2) is 11.6. The summed E-state index contributed by atoms with van der Waals surface area (Å²) in [6, 6.07) is 28.1. The van der Waals surface area contributed by atoms with Gasteiger partial charge in [-0.25, -0.2) is 0 Å². The molecule has 3 heteroatoms. The molecule has 0 heterocycles. The molecule has 0 aliphatic heterocycles. The van der Waals surface area contributed by atoms with Gasteiger partial charge >= 0.3 is 0 Å². The first-order valence-corrected chi connectivity index (χ1v) is 13.4. The van der Waals surface area contributed by atoms with Gasteiger partial charge in [0.15, 0.2) is 11.6 Å². The Bertz CT molecular complexity index is 1290. The van der Waals surface area contributed by atoms with E-state index in [1.54, 1.807) is 7.11 Å². The number of carbonyl (C=O) groups is 2. The van der Waals surface area contributed by atoms with E-state index in [9.17, 15) is 9.59 Å². The van der Waals surface area contributed by atoms with E-state index in [2.05, 4.69) is 12.1 Å². The maximum absolute atomic E-state index is 14.0. The highest BCUT2D eigenvalue weighted by Crippen LogP contribution is 2.45. The van der Waals surface area contributed by atoms with Crippen LogP contribution in [0.3, 0.4) is 0 Å². The predicted octanol–water partition coefficient (Wildman–Crippen LogP) is 7.68. The van der Waals surface area contributed by atoms with Crippen LogP contribution in [-0.2, 0) is 9.59 Å². The van der Waals surface area contributed by atoms with Crippen molar-refractivity contribution in [1.29, 1.82) is 0 Å². The van der Waals surface area contributed by atoms with Crippen molar-refractivity contribution in [2.45, 2.75) is 44.4 Å². The van der Waals surface area contributed by atoms with E-state index >= 15 is 0 Å². The maximum Gasteiger partial charge on any atom is 0.162 e. The summed E-state index contributed by atoms with van der Waals surface area (Å²) in [5.74, 6) is 0.728. The second-order valence-corrected chi connectivity index (χ2v) is 10.2. The van der Waals surface area contributed by atoms with E-state index in [1.165, 1.54) is 0 Å². The number of hydrogen-bond acceptors (Lipinski definition) is 3. The van der Waals surface area contributed by atoms with Gasteiger partial charge < -0.3 is 4.74 Å². The average molecular weight is 491 g/mol. The number of methoxy groups -OCH3 is 1. The molecule has 3 nitrogen and oxygen atoms in total. The molecule has 0 N–H and O–H groups in total. The lowest BCUT2D eigenvalue weighted by atomic mass is 9.64. The average Bonchev–Trinajstić information content (AvgIpc) is 2.94. The summed E-state index contributed by atoms with van der Waals surface area (Å²) in [6.45, 7) is 0. The van der Waals surface area contributed by atoms with Crippen LogP contribution in [0.2, 0.25) is 0 Å². The van der Waals surface area contributed by atoms with E-state index in [1.807, 2.05) is 84.9 Å². The number of benzene rings is 3. The largest absolute Gasteiger partial charge is 0.497 e. The molecule has 2 aliphatic rings. The summed E-state index contributed by atoms with van der Waals surface area (Å²) >= 11 is 0. The summed E-state index contributed by atoms with van der Waals surface area (Å²) in [5, 5.41) is 0. The monoisotopic (exact) mass is 490 g/mol. The Morgan fingerprint density at radius 2 is 1.16 bits per heavy atom. The fourth-order valence-corrected chi connectivity index (χ4v) is 6.05. The summed E-state index contributed by atoms with van der Waals surface area (Å²) in [6.07, 6.45) is 9.22. The molecular weight excluding hydrogens is 456 g/mol. The normalized spacial score (nSPS) is 23.3. The third kappa shape index (κ3) is 5.67. The van der Waals surface area contributed by atoms with E-state index in [4.69, 9.17) is 4.74 Å². The van der Waals surface area contributed by atoms with E-state index in [0.29, 0.717) is 0 Å². The van der Waals surface area contributed by atoms with Crippen molar-refractivity contribution in [3.8, 4) is 5.75 Å². The molecule has 3 unspecified atom stereocenters. The number of Topliss-reactive ketones (excluding diaryl/α,β-unsaturated/α-hetero) is 2. The smallest absolute Gasteiger partial charge is 0.162 e. The number of ether oxygens (including phenoxy) is 1. The first-order chi connectivity index (χ1) is 18.1. The molecule has 37 heavy (non-hydrogen) atoms. The minimum absolute atomic E-state index is 0.111. The Morgan fingerprint density at radius 1 is 0.676 bits per heavy atom. The molecule has 0 spiro atoms. The van der Waals surface area contributed by atoms with Crippen molar-refractivity contribution >= 4 is 23.7 Å². The number of ketones is 2. The quantitative estimate of drug-likeness (QED) is 0.333. The lowest BCUT2D eigenvalue weighted by Crippen LogP contribution is -2.36. The van der Waals surface area contributed by atoms with Gasteiger partial charge in [0.1, 0.15) is 5.75 Å². The first-order valence-electron chi connectivity index (χ1n) is 13.4. The van der Waals surface area contributed by atoms with Crippen LogP contribution in [0.5, 0.6) is 5.75 Å². The van der Waals surface area contributed by atoms with Crippen LogP contribution in [0.25, 0.3) is 12.2 Å². The molecule has 3 aromatic carbocycles. The molecular formula is C34H34O3. The molecule has 2 saturated carbocycles. The second-order valence-electron chi connectivity index (χ2n) is 10.2. The molecule has 188 valence electrons. The van der Waals surface area contributed by atoms with Gasteiger partial charge in [-0.2, -0.15) is 0 Å². The summed E-state index contributed by atoms with van der Waals surface area (Å²) in [4.78, 5) is 27.9. The van der Waals surface area contributed by atoms with Crippen molar-refractivity contribution in [1.82, 2.24) is 0 Å². The van der Waals surface area contributed by atoms with Crippen LogP contribution in [0.4, 0.5) is 0 Å². The highest BCUT2D eigenvalue weighted by atomic mass is 16.5. The predicted molar refractivity (Wildman–Crippen MR) is 149 cm³/mol. The Labute approximate surface area is 219 Å². The summed E-state index contributed by atoms with van der Waals surface area (Å²) in [5.41, 5.74) is 4.92. The van der Waals surface area contributed by atoms with Crippen LogP contribution in [0.1, 0.15) is 61.1 Å². The summed E-state index contributed by atoms with van der Waals surface area (Å²) in [7, 11) is 1.65. The number of allylic oxidation sites excluding steroid dienone is 2. The van der Waals surface area contributed by atoms with Gasteiger partial charge in [0.2, 0.25) is 0 Å². The van der Waals surface area contributed by atoms with Crippen molar-refractivity contribution in [2.24, 2.45) is 11.8 Å². The highest BCUT2D eigenvalue weighted by Gasteiger charge is 2.42. The summed E-state index contributed by atoms with van der Waals surface area (Å²) < 4.78 is 5.28. The number of hydrogen-bond donors (Lipinski definition) is 0. The molecule has 3 atom stereocenters. The Morgan fingerprint density at radius 3 is 1.68 bits per heavy atom. The van der Waals surface area contributed by atoms with Gasteiger partial charge in [0, 0.05) is 17.8 Å². The lowest BCUT2D eigenvalue weighted by Gasteiger charge is -2.37. The molecule has 0 aromatic heterocycles. The third-order valence-corrected chi connectivity index (χ3v) is 7.88. The molecule has 0 radical (unpaired) electrons. The molecule has 2 fully saturated rings. The van der Waals surface area contributed by atoms with Crippen molar-refractivity contribution < 1.29 is 14.3 Å². The van der Waals surface area contributed by atoms with Gasteiger partial charge in [-0.3, -0.25) is 9.59 Å². The van der Waals surface area contributed by atoms with Crippen molar-refractivity contribution in [3.63, 3.8) is 0 Å². The fourth-order valence-electron chi connectivity index (χ4n) is 6.05. The zero-order valence-electron chi connectivity index (χ0n) is 21.4. The van der Waals surface area contributed by atoms with Crippen LogP contribution < -0.4 is 4.74 Å². The minimum atomic E-state index is -0.189. The van der Waals surface area contributed by atoms with Crippen LogP contribution in [0.15, 0.2) is 96.1 Å². The van der Waals surface area contributed by atoms with E-state index < -0.39 is 0 Å². The van der Waals surface area contributed by atoms with E-state index in [0.717, 1.165) is 72.1 Å². The minimum Gasteiger partial charge on any atom is -0.497 e. The van der Waals surface area contributed by atoms with E-state index in [-0.39, 0.29) is 29.3 Å². The van der Waals surface area contributed by atoms with Crippen LogP contribution in [-0.4, -0.2) is 18.7 Å². The van der Waals surface area contributed by atoms with Gasteiger partial charge in [-0.15, -0.1) is 0 Å². The number of rotatable bonds is 6. The fraction of sp³-hybridized carbons (Fsp3) is 0.294. The Balaban J connectivity index is 1.47. The zero-order valence-corrected chi connectivity index (χ0v) is 21.4. The molecule has 2 aliphatic carbocycles. The van der Waals surface area contributed by atoms with Gasteiger partial charge in [-0.1, -0.05) is 72.8 Å². The highest BCUT2D eigenvalue weighted by molar-refractivity contribution is 6.05. The Hall–Kier alpha value is -3.72. The van der Waals surface area contributed by atoms with Gasteiger partial charge in [-0.05, 0) is 90.6 Å². The molecule has 0 bridgehead atoms. The molecule has 3 aromatic rings. The zero-order chi connectivity index (χ0) is 25.6. The maximum atomic E-state index is 14.0. The first kappa shape index (κ1) is 25.0. The van der Waals surface area contributed by atoms with Gasteiger partial charge in [0.05, 0.1) is 7.11 Å². The van der Waals surface area contributed by atoms with Crippen LogP contribution in [0, 0.1) is 11.8 Å². The third-order valence-electron chi connectivity index (χ3n) is 7.88. The molecule has 0 saturated heterocycles.